The second-order valence-corrected chi connectivity index (χ2v) is 9.13. The predicted octanol–water partition coefficient (Wildman–Crippen LogP) is 3.90. The molecule has 1 aliphatic heterocycles. The minimum absolute atomic E-state index is 0.106. The molecule has 1 atom stereocenters. The van der Waals surface area contributed by atoms with Crippen molar-refractivity contribution in [3.05, 3.63) is 46.9 Å². The second-order valence-electron chi connectivity index (χ2n) is 9.13. The number of fused-ring (bicyclic) bond motifs is 2. The molecule has 32 heavy (non-hydrogen) atoms. The van der Waals surface area contributed by atoms with Crippen LogP contribution in [-0.2, 0) is 4.74 Å². The monoisotopic (exact) mass is 435 g/mol. The molecule has 9 heteroatoms. The van der Waals surface area contributed by atoms with E-state index in [-0.39, 0.29) is 23.5 Å². The van der Waals surface area contributed by atoms with Gasteiger partial charge in [-0.05, 0) is 39.3 Å². The van der Waals surface area contributed by atoms with Crippen LogP contribution in [0.3, 0.4) is 0 Å². The highest BCUT2D eigenvalue weighted by Crippen LogP contribution is 2.38. The number of likely N-dealkylation sites (tertiary alicyclic amines) is 1. The summed E-state index contributed by atoms with van der Waals surface area (Å²) in [6, 6.07) is 9.52. The highest BCUT2D eigenvalue weighted by atomic mass is 16.6. The molecule has 0 unspecified atom stereocenters. The van der Waals surface area contributed by atoms with Crippen molar-refractivity contribution in [1.29, 1.82) is 0 Å². The van der Waals surface area contributed by atoms with Gasteiger partial charge in [0.15, 0.2) is 5.82 Å². The van der Waals surface area contributed by atoms with Gasteiger partial charge < -0.3 is 24.4 Å². The number of nitrogens with two attached hydrogens (primary N) is 1. The Labute approximate surface area is 183 Å². The molecule has 3 aromatic heterocycles. The third-order valence-corrected chi connectivity index (χ3v) is 5.68. The van der Waals surface area contributed by atoms with Crippen molar-refractivity contribution in [2.45, 2.75) is 38.8 Å². The molecule has 1 aliphatic rings. The quantitative estimate of drug-likeness (QED) is 0.493. The number of ether oxygens (including phenoxy) is 1. The number of H-pyrrole nitrogens is 1. The van der Waals surface area contributed by atoms with E-state index in [0.29, 0.717) is 41.7 Å². The molecule has 4 aromatic rings. The number of furan rings is 1. The van der Waals surface area contributed by atoms with Crippen molar-refractivity contribution in [3.63, 3.8) is 0 Å². The minimum atomic E-state index is -0.568. The van der Waals surface area contributed by atoms with Crippen molar-refractivity contribution in [3.8, 4) is 11.3 Å². The first kappa shape index (κ1) is 20.2. The zero-order chi connectivity index (χ0) is 22.6. The molecular weight excluding hydrogens is 410 g/mol. The van der Waals surface area contributed by atoms with Crippen molar-refractivity contribution >= 4 is 33.8 Å². The molecule has 0 bridgehead atoms. The maximum Gasteiger partial charge on any atom is 0.410 e. The lowest BCUT2D eigenvalue weighted by Gasteiger charge is -2.24. The molecule has 1 amide bonds. The van der Waals surface area contributed by atoms with Gasteiger partial charge in [0.2, 0.25) is 0 Å². The van der Waals surface area contributed by atoms with Crippen molar-refractivity contribution in [2.75, 3.05) is 18.8 Å². The number of aromatic amines is 1. The van der Waals surface area contributed by atoms with E-state index in [0.717, 1.165) is 11.0 Å². The maximum atomic E-state index is 12.8. The summed E-state index contributed by atoms with van der Waals surface area (Å²) in [7, 11) is 0. The average Bonchev–Trinajstić information content (AvgIpc) is 3.45. The Kier molecular flexibility index (Phi) is 4.51. The fraction of sp³-hybridized carbons (Fsp3) is 0.348. The van der Waals surface area contributed by atoms with E-state index >= 15 is 0 Å². The zero-order valence-corrected chi connectivity index (χ0v) is 18.2. The largest absolute Gasteiger partial charge is 0.456 e. The number of rotatable bonds is 2. The predicted molar refractivity (Wildman–Crippen MR) is 121 cm³/mol. The van der Waals surface area contributed by atoms with E-state index in [1.807, 2.05) is 61.9 Å². The van der Waals surface area contributed by atoms with E-state index in [1.165, 1.54) is 0 Å². The van der Waals surface area contributed by atoms with Crippen molar-refractivity contribution < 1.29 is 13.9 Å². The van der Waals surface area contributed by atoms with Gasteiger partial charge in [-0.1, -0.05) is 18.2 Å². The van der Waals surface area contributed by atoms with Crippen LogP contribution < -0.4 is 11.3 Å². The maximum absolute atomic E-state index is 12.8. The average molecular weight is 435 g/mol. The first-order valence-corrected chi connectivity index (χ1v) is 10.6. The molecule has 4 heterocycles. The summed E-state index contributed by atoms with van der Waals surface area (Å²) < 4.78 is 13.5. The number of nitrogens with one attached hydrogen (secondary N) is 1. The lowest BCUT2D eigenvalue weighted by atomic mass is 10.1. The van der Waals surface area contributed by atoms with Crippen LogP contribution in [0.25, 0.3) is 33.2 Å². The number of carbonyl (C=O) groups is 1. The molecule has 1 aromatic carbocycles. The first-order chi connectivity index (χ1) is 15.2. The Morgan fingerprint density at radius 1 is 1.31 bits per heavy atom. The number of aromatic nitrogens is 3. The van der Waals surface area contributed by atoms with Crippen LogP contribution in [0.4, 0.5) is 10.6 Å². The van der Waals surface area contributed by atoms with E-state index in [4.69, 9.17) is 14.9 Å². The first-order valence-electron chi connectivity index (χ1n) is 10.6. The molecule has 3 N–H and O–H groups in total. The molecule has 0 spiro atoms. The summed E-state index contributed by atoms with van der Waals surface area (Å²) in [6.07, 6.45) is 2.20. The normalized spacial score (nSPS) is 16.8. The number of hydrogen-bond donors (Lipinski definition) is 2. The van der Waals surface area contributed by atoms with Gasteiger partial charge in [0.1, 0.15) is 22.5 Å². The van der Waals surface area contributed by atoms with Gasteiger partial charge in [0, 0.05) is 30.2 Å². The number of anilines is 1. The Morgan fingerprint density at radius 3 is 2.84 bits per heavy atom. The summed E-state index contributed by atoms with van der Waals surface area (Å²) in [6.45, 7) is 6.49. The molecule has 1 saturated heterocycles. The van der Waals surface area contributed by atoms with E-state index < -0.39 is 5.60 Å². The van der Waals surface area contributed by atoms with Gasteiger partial charge >= 0.3 is 6.09 Å². The SMILES string of the molecule is CC(C)(C)OC(=O)N1CC[C@H](n2cc(-c3cc4ccccc4o3)c3c(N)n[nH]c(=O)c32)C1. The summed E-state index contributed by atoms with van der Waals surface area (Å²) in [4.78, 5) is 27.0. The molecular formula is C23H25N5O4. The topological polar surface area (TPSA) is 119 Å². The highest BCUT2D eigenvalue weighted by Gasteiger charge is 2.33. The third-order valence-electron chi connectivity index (χ3n) is 5.68. The lowest BCUT2D eigenvalue weighted by molar-refractivity contribution is 0.0289. The van der Waals surface area contributed by atoms with Crippen LogP contribution >= 0.6 is 0 Å². The van der Waals surface area contributed by atoms with E-state index in [1.54, 1.807) is 4.90 Å². The molecule has 1 fully saturated rings. The van der Waals surface area contributed by atoms with Gasteiger partial charge in [-0.3, -0.25) is 4.79 Å². The van der Waals surface area contributed by atoms with Gasteiger partial charge in [0.05, 0.1) is 11.4 Å². The Hall–Kier alpha value is -3.75. The Balaban J connectivity index is 1.58. The van der Waals surface area contributed by atoms with Gasteiger partial charge in [-0.25, -0.2) is 9.89 Å². The van der Waals surface area contributed by atoms with Crippen LogP contribution in [0, 0.1) is 0 Å². The summed E-state index contributed by atoms with van der Waals surface area (Å²) in [5.41, 5.74) is 7.15. The highest BCUT2D eigenvalue weighted by molar-refractivity contribution is 6.02. The van der Waals surface area contributed by atoms with Gasteiger partial charge in [0.25, 0.3) is 5.56 Å². The molecule has 9 nitrogen and oxygen atoms in total. The number of benzene rings is 1. The lowest BCUT2D eigenvalue weighted by Crippen LogP contribution is -2.35. The van der Waals surface area contributed by atoms with E-state index in [9.17, 15) is 9.59 Å². The van der Waals surface area contributed by atoms with Crippen LogP contribution in [0.2, 0.25) is 0 Å². The van der Waals surface area contributed by atoms with Crippen LogP contribution in [-0.4, -0.2) is 44.4 Å². The summed E-state index contributed by atoms with van der Waals surface area (Å²) >= 11 is 0. The van der Waals surface area contributed by atoms with Crippen LogP contribution in [0.1, 0.15) is 33.2 Å². The Bertz CT molecular complexity index is 1360. The van der Waals surface area contributed by atoms with Gasteiger partial charge in [-0.2, -0.15) is 5.10 Å². The van der Waals surface area contributed by atoms with Crippen LogP contribution in [0.15, 0.2) is 45.7 Å². The smallest absolute Gasteiger partial charge is 0.410 e. The number of hydrogen-bond acceptors (Lipinski definition) is 6. The van der Waals surface area contributed by atoms with Crippen molar-refractivity contribution in [1.82, 2.24) is 19.7 Å². The summed E-state index contributed by atoms with van der Waals surface area (Å²) in [5.74, 6) is 0.826. The second kappa shape index (κ2) is 7.15. The molecule has 0 aliphatic carbocycles. The minimum Gasteiger partial charge on any atom is -0.456 e. The van der Waals surface area contributed by atoms with E-state index in [2.05, 4.69) is 10.2 Å². The fourth-order valence-corrected chi connectivity index (χ4v) is 4.29. The standard InChI is InChI=1S/C23H25N5O4/c1-23(2,3)32-22(30)27-9-8-14(11-27)28-12-15(18-19(28)21(29)26-25-20(18)24)17-10-13-6-4-5-7-16(13)31-17/h4-7,10,12,14H,8-9,11H2,1-3H3,(H2,24,25)(H,26,29)/t14-/m0/s1. The molecule has 5 rings (SSSR count). The third kappa shape index (κ3) is 3.39. The number of nitrogens with zero attached hydrogens (tertiary/aromatic N) is 3. The molecule has 166 valence electrons. The fourth-order valence-electron chi connectivity index (χ4n) is 4.29. The number of para-hydroxylation sites is 1. The number of carbonyl (C=O) groups excluding carboxylic acids is 1. The Morgan fingerprint density at radius 2 is 2.09 bits per heavy atom. The summed E-state index contributed by atoms with van der Waals surface area (Å²) in [5, 5.41) is 7.95. The molecule has 0 saturated carbocycles. The molecule has 0 radical (unpaired) electrons. The van der Waals surface area contributed by atoms with Crippen molar-refractivity contribution in [2.24, 2.45) is 0 Å². The number of amides is 1. The van der Waals surface area contributed by atoms with Crippen LogP contribution in [0.5, 0.6) is 0 Å². The number of nitrogen functional groups attached to an aromatic ring is 1. The van der Waals surface area contributed by atoms with Gasteiger partial charge in [-0.15, -0.1) is 0 Å². The zero-order valence-electron chi connectivity index (χ0n) is 18.2.